The molecule has 1 aromatic carbocycles. The lowest BCUT2D eigenvalue weighted by Crippen LogP contribution is -2.21. The summed E-state index contributed by atoms with van der Waals surface area (Å²) in [7, 11) is 1.58. The van der Waals surface area contributed by atoms with E-state index in [1.165, 1.54) is 29.0 Å². The highest BCUT2D eigenvalue weighted by Gasteiger charge is 2.15. The van der Waals surface area contributed by atoms with E-state index in [0.29, 0.717) is 5.56 Å². The van der Waals surface area contributed by atoms with Gasteiger partial charge < -0.3 is 15.0 Å². The highest BCUT2D eigenvalue weighted by Crippen LogP contribution is 2.21. The summed E-state index contributed by atoms with van der Waals surface area (Å²) >= 11 is 0. The average molecular weight is 286 g/mol. The van der Waals surface area contributed by atoms with Crippen molar-refractivity contribution < 1.29 is 14.7 Å². The Morgan fingerprint density at radius 2 is 1.95 bits per heavy atom. The molecule has 108 valence electrons. The van der Waals surface area contributed by atoms with Crippen molar-refractivity contribution in [1.82, 2.24) is 4.57 Å². The molecule has 0 aliphatic carbocycles. The van der Waals surface area contributed by atoms with Crippen LogP contribution in [0.1, 0.15) is 26.3 Å². The van der Waals surface area contributed by atoms with Gasteiger partial charge in [0, 0.05) is 24.9 Å². The maximum atomic E-state index is 12.2. The molecule has 0 spiro atoms. The summed E-state index contributed by atoms with van der Waals surface area (Å²) in [6.45, 7) is 1.70. The third-order valence-electron chi connectivity index (χ3n) is 3.11. The van der Waals surface area contributed by atoms with Gasteiger partial charge in [0.2, 0.25) is 0 Å². The van der Waals surface area contributed by atoms with Crippen LogP contribution in [0.15, 0.2) is 41.3 Å². The summed E-state index contributed by atoms with van der Waals surface area (Å²) in [5.74, 6) is -1.65. The Bertz CT molecular complexity index is 777. The Hall–Kier alpha value is -2.89. The number of carboxylic acid groups (broad SMARTS) is 1. The first-order valence-corrected chi connectivity index (χ1v) is 6.21. The lowest BCUT2D eigenvalue weighted by atomic mass is 10.1. The monoisotopic (exact) mass is 286 g/mol. The van der Waals surface area contributed by atoms with Crippen LogP contribution in [0.3, 0.4) is 0 Å². The number of para-hydroxylation sites is 1. The third-order valence-corrected chi connectivity index (χ3v) is 3.11. The van der Waals surface area contributed by atoms with Gasteiger partial charge in [0.05, 0.1) is 11.3 Å². The largest absolute Gasteiger partial charge is 0.478 e. The molecule has 0 unspecified atom stereocenters. The number of hydrogen-bond donors (Lipinski definition) is 2. The molecule has 1 aromatic heterocycles. The minimum absolute atomic E-state index is 0.00665. The topological polar surface area (TPSA) is 88.4 Å². The van der Waals surface area contributed by atoms with Gasteiger partial charge in [-0.25, -0.2) is 4.79 Å². The zero-order valence-corrected chi connectivity index (χ0v) is 11.6. The van der Waals surface area contributed by atoms with E-state index in [-0.39, 0.29) is 22.4 Å². The molecule has 6 heteroatoms. The number of nitrogens with one attached hydrogen (secondary N) is 1. The number of carboxylic acids is 1. The Balaban J connectivity index is 2.38. The zero-order chi connectivity index (χ0) is 15.6. The Kier molecular flexibility index (Phi) is 3.89. The Labute approximate surface area is 120 Å². The van der Waals surface area contributed by atoms with Crippen LogP contribution < -0.4 is 10.9 Å². The van der Waals surface area contributed by atoms with Crippen LogP contribution in [0.25, 0.3) is 0 Å². The van der Waals surface area contributed by atoms with E-state index >= 15 is 0 Å². The van der Waals surface area contributed by atoms with Crippen molar-refractivity contribution in [3.63, 3.8) is 0 Å². The van der Waals surface area contributed by atoms with Gasteiger partial charge in [-0.2, -0.15) is 0 Å². The first kappa shape index (κ1) is 14.5. The van der Waals surface area contributed by atoms with Gasteiger partial charge >= 0.3 is 5.97 Å². The molecule has 2 rings (SSSR count). The van der Waals surface area contributed by atoms with E-state index in [4.69, 9.17) is 5.11 Å². The standard InChI is InChI=1S/C15H14N2O4/c1-9-4-3-5-11(15(20)21)13(9)16-14(19)10-6-7-17(2)12(18)8-10/h3-8H,1-2H3,(H,16,19)(H,20,21). The fraction of sp³-hybridized carbons (Fsp3) is 0.133. The normalized spacial score (nSPS) is 10.2. The zero-order valence-electron chi connectivity index (χ0n) is 11.6. The molecule has 0 atom stereocenters. The first-order valence-electron chi connectivity index (χ1n) is 6.21. The van der Waals surface area contributed by atoms with Gasteiger partial charge in [-0.05, 0) is 24.6 Å². The quantitative estimate of drug-likeness (QED) is 0.897. The van der Waals surface area contributed by atoms with E-state index in [1.54, 1.807) is 26.1 Å². The summed E-state index contributed by atoms with van der Waals surface area (Å²) < 4.78 is 1.34. The minimum atomic E-state index is -1.13. The average Bonchev–Trinajstić information content (AvgIpc) is 2.43. The van der Waals surface area contributed by atoms with E-state index < -0.39 is 11.9 Å². The molecule has 0 bridgehead atoms. The number of aromatic carboxylic acids is 1. The van der Waals surface area contributed by atoms with Crippen LogP contribution in [0.2, 0.25) is 0 Å². The van der Waals surface area contributed by atoms with Crippen LogP contribution in [-0.2, 0) is 7.05 Å². The summed E-state index contributed by atoms with van der Waals surface area (Å²) in [5, 5.41) is 11.7. The van der Waals surface area contributed by atoms with Crippen LogP contribution in [-0.4, -0.2) is 21.6 Å². The van der Waals surface area contributed by atoms with Gasteiger partial charge in [-0.3, -0.25) is 9.59 Å². The second-order valence-corrected chi connectivity index (χ2v) is 4.62. The van der Waals surface area contributed by atoms with Gasteiger partial charge in [0.15, 0.2) is 0 Å². The number of pyridine rings is 1. The molecule has 21 heavy (non-hydrogen) atoms. The SMILES string of the molecule is Cc1cccc(C(=O)O)c1NC(=O)c1ccn(C)c(=O)c1. The number of hydrogen-bond acceptors (Lipinski definition) is 3. The maximum absolute atomic E-state index is 12.2. The fourth-order valence-electron chi connectivity index (χ4n) is 1.89. The van der Waals surface area contributed by atoms with Crippen LogP contribution in [0, 0.1) is 6.92 Å². The maximum Gasteiger partial charge on any atom is 0.337 e. The molecule has 0 aliphatic rings. The molecule has 0 saturated heterocycles. The van der Waals surface area contributed by atoms with Gasteiger partial charge in [0.1, 0.15) is 0 Å². The molecule has 6 nitrogen and oxygen atoms in total. The highest BCUT2D eigenvalue weighted by molar-refractivity contribution is 6.08. The summed E-state index contributed by atoms with van der Waals surface area (Å²) in [6.07, 6.45) is 1.48. The van der Waals surface area contributed by atoms with Crippen molar-refractivity contribution in [2.75, 3.05) is 5.32 Å². The number of aryl methyl sites for hydroxylation is 2. The molecular formula is C15H14N2O4. The van der Waals surface area contributed by atoms with Gasteiger partial charge in [-0.1, -0.05) is 12.1 Å². The summed E-state index contributed by atoms with van der Waals surface area (Å²) in [4.78, 5) is 34.9. The van der Waals surface area contributed by atoms with Crippen molar-refractivity contribution in [2.24, 2.45) is 7.05 Å². The molecule has 0 saturated carbocycles. The second kappa shape index (κ2) is 5.62. The summed E-state index contributed by atoms with van der Waals surface area (Å²) in [5.41, 5.74) is 0.735. The molecule has 2 N–H and O–H groups in total. The number of carbonyl (C=O) groups excluding carboxylic acids is 1. The number of amides is 1. The minimum Gasteiger partial charge on any atom is -0.478 e. The molecule has 1 amide bonds. The fourth-order valence-corrected chi connectivity index (χ4v) is 1.89. The second-order valence-electron chi connectivity index (χ2n) is 4.62. The Morgan fingerprint density at radius 1 is 1.24 bits per heavy atom. The van der Waals surface area contributed by atoms with Crippen molar-refractivity contribution in [3.05, 3.63) is 63.6 Å². The molecule has 2 aromatic rings. The van der Waals surface area contributed by atoms with E-state index in [2.05, 4.69) is 5.32 Å². The predicted octanol–water partition coefficient (Wildman–Crippen LogP) is 1.64. The van der Waals surface area contributed by atoms with Crippen molar-refractivity contribution in [1.29, 1.82) is 0 Å². The number of carbonyl (C=O) groups is 2. The molecule has 0 radical (unpaired) electrons. The van der Waals surface area contributed by atoms with Crippen molar-refractivity contribution in [3.8, 4) is 0 Å². The molecule has 0 fully saturated rings. The number of anilines is 1. The third kappa shape index (κ3) is 3.00. The van der Waals surface area contributed by atoms with Crippen LogP contribution >= 0.6 is 0 Å². The Morgan fingerprint density at radius 3 is 2.57 bits per heavy atom. The lowest BCUT2D eigenvalue weighted by Gasteiger charge is -2.11. The smallest absolute Gasteiger partial charge is 0.337 e. The lowest BCUT2D eigenvalue weighted by molar-refractivity contribution is 0.0698. The van der Waals surface area contributed by atoms with E-state index in [1.807, 2.05) is 0 Å². The van der Waals surface area contributed by atoms with E-state index in [9.17, 15) is 14.4 Å². The molecular weight excluding hydrogens is 272 g/mol. The highest BCUT2D eigenvalue weighted by atomic mass is 16.4. The van der Waals surface area contributed by atoms with E-state index in [0.717, 1.165) is 0 Å². The number of benzene rings is 1. The van der Waals surface area contributed by atoms with Crippen molar-refractivity contribution in [2.45, 2.75) is 6.92 Å². The summed E-state index contributed by atoms with van der Waals surface area (Å²) in [6, 6.07) is 7.41. The van der Waals surface area contributed by atoms with Crippen LogP contribution in [0.5, 0.6) is 0 Å². The molecule has 0 aliphatic heterocycles. The van der Waals surface area contributed by atoms with Crippen LogP contribution in [0.4, 0.5) is 5.69 Å². The number of rotatable bonds is 3. The van der Waals surface area contributed by atoms with Gasteiger partial charge in [-0.15, -0.1) is 0 Å². The number of aromatic nitrogens is 1. The predicted molar refractivity (Wildman–Crippen MR) is 77.8 cm³/mol. The first-order chi connectivity index (χ1) is 9.90. The number of nitrogens with zero attached hydrogens (tertiary/aromatic N) is 1. The van der Waals surface area contributed by atoms with Crippen molar-refractivity contribution >= 4 is 17.6 Å². The molecule has 1 heterocycles. The van der Waals surface area contributed by atoms with Gasteiger partial charge in [0.25, 0.3) is 11.5 Å².